The Morgan fingerprint density at radius 2 is 1.68 bits per heavy atom. The number of hydrogen-bond acceptors (Lipinski definition) is 5. The van der Waals surface area contributed by atoms with Crippen molar-refractivity contribution in [2.75, 3.05) is 31.1 Å². The van der Waals surface area contributed by atoms with Crippen LogP contribution < -0.4 is 10.6 Å². The smallest absolute Gasteiger partial charge is 0.253 e. The minimum atomic E-state index is 0. The van der Waals surface area contributed by atoms with Gasteiger partial charge in [0.2, 0.25) is 0 Å². The third kappa shape index (κ3) is 4.74. The minimum Gasteiger partial charge on any atom is -0.353 e. The van der Waals surface area contributed by atoms with Crippen molar-refractivity contribution in [3.63, 3.8) is 0 Å². The second-order valence-corrected chi connectivity index (χ2v) is 7.27. The summed E-state index contributed by atoms with van der Waals surface area (Å²) in [4.78, 5) is 26.0. The van der Waals surface area contributed by atoms with Gasteiger partial charge in [0.05, 0.1) is 0 Å². The number of halogens is 2. The zero-order valence-corrected chi connectivity index (χ0v) is 17.6. The number of anilines is 1. The molecule has 1 amide bonds. The van der Waals surface area contributed by atoms with E-state index in [1.54, 1.807) is 0 Å². The van der Waals surface area contributed by atoms with Crippen LogP contribution in [0.15, 0.2) is 36.4 Å². The first-order valence-corrected chi connectivity index (χ1v) is 9.30. The first kappa shape index (κ1) is 22.4. The monoisotopic (exact) mass is 423 g/mol. The highest BCUT2D eigenvalue weighted by Gasteiger charge is 2.30. The SMILES string of the molecule is Cc1nc(C2CC(N)C2)cc(N2CCN(C(=O)c3ccccc3)CC2)n1.Cl.Cl. The molecule has 2 heterocycles. The summed E-state index contributed by atoms with van der Waals surface area (Å²) in [5, 5.41) is 0. The molecule has 0 unspecified atom stereocenters. The molecule has 1 aliphatic carbocycles. The molecule has 0 bridgehead atoms. The van der Waals surface area contributed by atoms with E-state index in [2.05, 4.69) is 20.9 Å². The van der Waals surface area contributed by atoms with Crippen molar-refractivity contribution >= 4 is 36.5 Å². The lowest BCUT2D eigenvalue weighted by Gasteiger charge is -2.36. The summed E-state index contributed by atoms with van der Waals surface area (Å²) < 4.78 is 0. The number of carbonyl (C=O) groups is 1. The summed E-state index contributed by atoms with van der Waals surface area (Å²) in [5.74, 6) is 2.35. The Balaban J connectivity index is 0.00000140. The second kappa shape index (κ2) is 9.54. The summed E-state index contributed by atoms with van der Waals surface area (Å²) in [7, 11) is 0. The van der Waals surface area contributed by atoms with Crippen LogP contribution in [0.1, 0.15) is 40.6 Å². The molecule has 2 aromatic rings. The Bertz CT molecular complexity index is 790. The zero-order chi connectivity index (χ0) is 18.1. The Morgan fingerprint density at radius 1 is 1.04 bits per heavy atom. The lowest BCUT2D eigenvalue weighted by molar-refractivity contribution is 0.0746. The van der Waals surface area contributed by atoms with Crippen LogP contribution >= 0.6 is 24.8 Å². The largest absolute Gasteiger partial charge is 0.353 e. The number of rotatable bonds is 3. The fraction of sp³-hybridized carbons (Fsp3) is 0.450. The van der Waals surface area contributed by atoms with Gasteiger partial charge in [0, 0.05) is 55.5 Å². The Morgan fingerprint density at radius 3 is 2.29 bits per heavy atom. The predicted molar refractivity (Wildman–Crippen MR) is 116 cm³/mol. The van der Waals surface area contributed by atoms with E-state index in [1.165, 1.54) is 0 Å². The maximum atomic E-state index is 12.6. The molecule has 4 rings (SSSR count). The Hall–Kier alpha value is -1.89. The van der Waals surface area contributed by atoms with E-state index < -0.39 is 0 Å². The van der Waals surface area contributed by atoms with Crippen LogP contribution in [0.5, 0.6) is 0 Å². The number of piperazine rings is 1. The average Bonchev–Trinajstić information content (AvgIpc) is 2.65. The van der Waals surface area contributed by atoms with Gasteiger partial charge in [0.25, 0.3) is 5.91 Å². The summed E-state index contributed by atoms with van der Waals surface area (Å²) in [6.07, 6.45) is 2.02. The predicted octanol–water partition coefficient (Wildman–Crippen LogP) is 2.80. The van der Waals surface area contributed by atoms with Crippen LogP contribution in [-0.2, 0) is 0 Å². The van der Waals surface area contributed by atoms with Crippen molar-refractivity contribution in [3.05, 3.63) is 53.5 Å². The molecule has 1 aromatic carbocycles. The summed E-state index contributed by atoms with van der Waals surface area (Å²) in [6, 6.07) is 11.9. The van der Waals surface area contributed by atoms with E-state index in [0.717, 1.165) is 48.8 Å². The van der Waals surface area contributed by atoms with Crippen LogP contribution in [0.25, 0.3) is 0 Å². The normalized spacial score (nSPS) is 21.2. The van der Waals surface area contributed by atoms with Gasteiger partial charge in [-0.1, -0.05) is 18.2 Å². The molecule has 2 N–H and O–H groups in total. The quantitative estimate of drug-likeness (QED) is 0.820. The topological polar surface area (TPSA) is 75.3 Å². The standard InChI is InChI=1S/C20H25N5O.2ClH/c1-14-22-18(16-11-17(21)12-16)13-19(23-14)24-7-9-25(10-8-24)20(26)15-5-3-2-4-6-15;;/h2-6,13,16-17H,7-12,21H2,1H3;2*1H. The van der Waals surface area contributed by atoms with Crippen molar-refractivity contribution in [2.45, 2.75) is 31.7 Å². The van der Waals surface area contributed by atoms with Crippen molar-refractivity contribution in [1.29, 1.82) is 0 Å². The highest BCUT2D eigenvalue weighted by molar-refractivity contribution is 5.94. The van der Waals surface area contributed by atoms with Gasteiger partial charge in [-0.15, -0.1) is 24.8 Å². The number of hydrogen-bond donors (Lipinski definition) is 1. The van der Waals surface area contributed by atoms with E-state index in [9.17, 15) is 4.79 Å². The van der Waals surface area contributed by atoms with Gasteiger partial charge in [0.1, 0.15) is 11.6 Å². The number of amides is 1. The number of benzene rings is 1. The Labute approximate surface area is 178 Å². The van der Waals surface area contributed by atoms with Crippen molar-refractivity contribution < 1.29 is 4.79 Å². The number of nitrogens with zero attached hydrogens (tertiary/aromatic N) is 4. The summed E-state index contributed by atoms with van der Waals surface area (Å²) in [6.45, 7) is 4.94. The van der Waals surface area contributed by atoms with E-state index in [4.69, 9.17) is 5.73 Å². The molecule has 8 heteroatoms. The molecule has 1 aliphatic heterocycles. The average molecular weight is 424 g/mol. The molecule has 1 aromatic heterocycles. The van der Waals surface area contributed by atoms with Gasteiger partial charge in [-0.25, -0.2) is 9.97 Å². The third-order valence-electron chi connectivity index (χ3n) is 5.35. The van der Waals surface area contributed by atoms with Gasteiger partial charge >= 0.3 is 0 Å². The third-order valence-corrected chi connectivity index (χ3v) is 5.35. The van der Waals surface area contributed by atoms with Crippen LogP contribution in [0, 0.1) is 6.92 Å². The molecule has 0 spiro atoms. The van der Waals surface area contributed by atoms with Crippen LogP contribution in [0.4, 0.5) is 5.82 Å². The first-order chi connectivity index (χ1) is 12.6. The number of carbonyl (C=O) groups excluding carboxylic acids is 1. The molecule has 6 nitrogen and oxygen atoms in total. The molecular weight excluding hydrogens is 397 g/mol. The summed E-state index contributed by atoms with van der Waals surface area (Å²) in [5.41, 5.74) is 7.79. The highest BCUT2D eigenvalue weighted by Crippen LogP contribution is 2.35. The van der Waals surface area contributed by atoms with E-state index >= 15 is 0 Å². The van der Waals surface area contributed by atoms with Gasteiger partial charge in [-0.2, -0.15) is 0 Å². The molecule has 0 atom stereocenters. The van der Waals surface area contributed by atoms with Gasteiger partial charge in [-0.3, -0.25) is 4.79 Å². The van der Waals surface area contributed by atoms with Crippen molar-refractivity contribution in [2.24, 2.45) is 5.73 Å². The first-order valence-electron chi connectivity index (χ1n) is 9.30. The second-order valence-electron chi connectivity index (χ2n) is 7.27. The van der Waals surface area contributed by atoms with Gasteiger partial charge in [0.15, 0.2) is 0 Å². The van der Waals surface area contributed by atoms with E-state index in [1.807, 2.05) is 42.2 Å². The van der Waals surface area contributed by atoms with E-state index in [-0.39, 0.29) is 30.7 Å². The lowest BCUT2D eigenvalue weighted by atomic mass is 9.78. The number of aromatic nitrogens is 2. The van der Waals surface area contributed by atoms with Gasteiger partial charge < -0.3 is 15.5 Å². The zero-order valence-electron chi connectivity index (χ0n) is 16.0. The van der Waals surface area contributed by atoms with Crippen LogP contribution in [0.2, 0.25) is 0 Å². The fourth-order valence-corrected chi connectivity index (χ4v) is 3.75. The highest BCUT2D eigenvalue weighted by atomic mass is 35.5. The van der Waals surface area contributed by atoms with E-state index in [0.29, 0.717) is 25.0 Å². The molecule has 152 valence electrons. The molecule has 0 radical (unpaired) electrons. The molecule has 2 fully saturated rings. The minimum absolute atomic E-state index is 0. The fourth-order valence-electron chi connectivity index (χ4n) is 3.75. The molecule has 1 saturated heterocycles. The molecule has 1 saturated carbocycles. The molecule has 2 aliphatic rings. The van der Waals surface area contributed by atoms with Crippen molar-refractivity contribution in [3.8, 4) is 0 Å². The van der Waals surface area contributed by atoms with Gasteiger partial charge in [-0.05, 0) is 31.9 Å². The molecular formula is C20H27Cl2N5O. The number of nitrogens with two attached hydrogens (primary N) is 1. The Kier molecular flexibility index (Phi) is 7.63. The van der Waals surface area contributed by atoms with Crippen molar-refractivity contribution in [1.82, 2.24) is 14.9 Å². The number of aryl methyl sites for hydroxylation is 1. The maximum absolute atomic E-state index is 12.6. The van der Waals surface area contributed by atoms with Crippen LogP contribution in [-0.4, -0.2) is 53.0 Å². The molecule has 28 heavy (non-hydrogen) atoms. The maximum Gasteiger partial charge on any atom is 0.253 e. The lowest BCUT2D eigenvalue weighted by Crippen LogP contribution is -2.49. The summed E-state index contributed by atoms with van der Waals surface area (Å²) >= 11 is 0. The van der Waals surface area contributed by atoms with Crippen LogP contribution in [0.3, 0.4) is 0 Å².